The van der Waals surface area contributed by atoms with Crippen LogP contribution in [0.25, 0.3) is 0 Å². The first-order valence-corrected chi connectivity index (χ1v) is 9.35. The molecule has 210 valence electrons. The maximum Gasteiger partial charge on any atom is 0.491 e. The van der Waals surface area contributed by atoms with Gasteiger partial charge in [0.1, 0.15) is 0 Å². The molecule has 0 aliphatic carbocycles. The van der Waals surface area contributed by atoms with Gasteiger partial charge in [-0.25, -0.2) is 9.59 Å². The van der Waals surface area contributed by atoms with Crippen LogP contribution in [0.5, 0.6) is 0 Å². The fourth-order valence-corrected chi connectivity index (χ4v) is 1.74. The van der Waals surface area contributed by atoms with E-state index in [0.29, 0.717) is 5.56 Å². The molecule has 0 atom stereocenters. The van der Waals surface area contributed by atoms with Gasteiger partial charge in [-0.3, -0.25) is 21.5 Å². The van der Waals surface area contributed by atoms with Crippen LogP contribution in [0.3, 0.4) is 0 Å². The van der Waals surface area contributed by atoms with E-state index in [1.165, 1.54) is 29.7 Å². The number of amides is 1. The van der Waals surface area contributed by atoms with Crippen molar-refractivity contribution in [2.24, 2.45) is 5.84 Å². The highest BCUT2D eigenvalue weighted by Crippen LogP contribution is 2.21. The summed E-state index contributed by atoms with van der Waals surface area (Å²) in [4.78, 5) is 29.7. The van der Waals surface area contributed by atoms with Crippen LogP contribution in [0.1, 0.15) is 11.1 Å². The molecule has 0 bridgehead atoms. The van der Waals surface area contributed by atoms with Gasteiger partial charge in [-0.15, -0.1) is 0 Å². The van der Waals surface area contributed by atoms with Crippen molar-refractivity contribution in [3.8, 4) is 12.1 Å². The van der Waals surface area contributed by atoms with Crippen LogP contribution < -0.4 is 22.1 Å². The number of nitrogen functional groups attached to an aromatic ring is 1. The third-order valence-electron chi connectivity index (χ3n) is 3.38. The molecule has 0 aromatic heterocycles. The number of carbonyl (C=O) groups is 3. The smallest absolute Gasteiger partial charge is 0.380 e. The van der Waals surface area contributed by atoms with Gasteiger partial charge in [-0.05, 0) is 36.4 Å². The average molecular weight is 572 g/mol. The summed E-state index contributed by atoms with van der Waals surface area (Å²) in [5, 5.41) is 17.0. The predicted octanol–water partition coefficient (Wildman–Crippen LogP) is 3.59. The number of hydrogen-bond acceptors (Lipinski definition) is 9. The number of esters is 2. The molecular formula is C20H13F9N6O4. The van der Waals surface area contributed by atoms with E-state index in [9.17, 15) is 53.9 Å². The Bertz CT molecular complexity index is 1210. The lowest BCUT2D eigenvalue weighted by Gasteiger charge is -2.10. The zero-order chi connectivity index (χ0) is 30.4. The second-order valence-electron chi connectivity index (χ2n) is 6.28. The Morgan fingerprint density at radius 1 is 0.718 bits per heavy atom. The Balaban J connectivity index is 0.000000571. The molecule has 2 aromatic carbocycles. The van der Waals surface area contributed by atoms with Crippen molar-refractivity contribution in [2.75, 3.05) is 10.9 Å². The fraction of sp³-hybridized carbons (Fsp3) is 0.150. The number of hydrogen-bond donors (Lipinski definition) is 4. The Kier molecular flexibility index (Phi) is 12.7. The topological polar surface area (TPSA) is 170 Å². The van der Waals surface area contributed by atoms with Gasteiger partial charge in [0.25, 0.3) is 0 Å². The number of carbonyl (C=O) groups excluding carboxylic acids is 3. The molecule has 0 aliphatic rings. The van der Waals surface area contributed by atoms with Crippen LogP contribution in [0.2, 0.25) is 0 Å². The fourth-order valence-electron chi connectivity index (χ4n) is 1.74. The zero-order valence-corrected chi connectivity index (χ0v) is 18.6. The summed E-state index contributed by atoms with van der Waals surface area (Å²) < 4.78 is 105. The van der Waals surface area contributed by atoms with Crippen molar-refractivity contribution in [1.29, 1.82) is 10.5 Å². The summed E-state index contributed by atoms with van der Waals surface area (Å²) in [5.41, 5.74) is 7.79. The van der Waals surface area contributed by atoms with Gasteiger partial charge in [0, 0.05) is 5.69 Å². The molecule has 39 heavy (non-hydrogen) atoms. The highest BCUT2D eigenvalue weighted by molar-refractivity contribution is 5.90. The molecule has 0 heterocycles. The minimum absolute atomic E-state index is 0.191. The van der Waals surface area contributed by atoms with E-state index < -0.39 is 36.4 Å². The summed E-state index contributed by atoms with van der Waals surface area (Å²) in [7, 11) is 0. The van der Waals surface area contributed by atoms with Crippen LogP contribution in [0.15, 0.2) is 48.5 Å². The van der Waals surface area contributed by atoms with Gasteiger partial charge < -0.3 is 10.2 Å². The first kappa shape index (κ1) is 34.0. The van der Waals surface area contributed by atoms with Crippen molar-refractivity contribution < 1.29 is 58.6 Å². The number of nitriles is 2. The van der Waals surface area contributed by atoms with E-state index in [-0.39, 0.29) is 11.3 Å². The van der Waals surface area contributed by atoms with Crippen LogP contribution in [-0.2, 0) is 19.1 Å². The molecule has 10 nitrogen and oxygen atoms in total. The summed E-state index contributed by atoms with van der Waals surface area (Å²) in [6.45, 7) is 0. The number of rotatable bonds is 3. The maximum absolute atomic E-state index is 11.8. The number of halogens is 9. The third kappa shape index (κ3) is 13.7. The third-order valence-corrected chi connectivity index (χ3v) is 3.38. The summed E-state index contributed by atoms with van der Waals surface area (Å²) >= 11 is 0. The maximum atomic E-state index is 11.8. The molecule has 2 rings (SSSR count). The molecule has 5 N–H and O–H groups in total. The van der Waals surface area contributed by atoms with Gasteiger partial charge in [-0.1, -0.05) is 12.1 Å². The molecule has 19 heteroatoms. The van der Waals surface area contributed by atoms with Crippen molar-refractivity contribution in [1.82, 2.24) is 5.43 Å². The molecule has 0 aliphatic heterocycles. The van der Waals surface area contributed by atoms with Crippen LogP contribution in [0, 0.1) is 22.7 Å². The quantitative estimate of drug-likeness (QED) is 0.141. The molecular weight excluding hydrogens is 559 g/mol. The van der Waals surface area contributed by atoms with E-state index in [1.54, 1.807) is 24.3 Å². The van der Waals surface area contributed by atoms with E-state index in [2.05, 4.69) is 15.6 Å². The van der Waals surface area contributed by atoms with Gasteiger partial charge in [0.2, 0.25) is 0 Å². The standard InChI is InChI=1S/C9H6F3N3O.C7H7N3.C4F6O3/c10-9(11,12)8(16)15-14-7-3-1-2-6(4-7)5-13;8-5-6-2-1-3-7(4-6)10-9;5-3(6,7)1(11)13-2(12)4(8,9)10/h1-4,14H,(H,15,16);1-4,10H,9H2;. The van der Waals surface area contributed by atoms with Crippen LogP contribution >= 0.6 is 0 Å². The Morgan fingerprint density at radius 2 is 1.13 bits per heavy atom. The van der Waals surface area contributed by atoms with E-state index in [4.69, 9.17) is 16.4 Å². The average Bonchev–Trinajstić information content (AvgIpc) is 2.86. The normalized spacial score (nSPS) is 10.6. The number of nitrogens with one attached hydrogen (secondary N) is 3. The second-order valence-corrected chi connectivity index (χ2v) is 6.28. The number of anilines is 2. The second kappa shape index (κ2) is 14.6. The molecule has 0 fully saturated rings. The van der Waals surface area contributed by atoms with Crippen molar-refractivity contribution in [2.45, 2.75) is 18.5 Å². The lowest BCUT2D eigenvalue weighted by atomic mass is 10.2. The van der Waals surface area contributed by atoms with Crippen molar-refractivity contribution >= 4 is 29.2 Å². The molecule has 0 spiro atoms. The lowest BCUT2D eigenvalue weighted by Crippen LogP contribution is -2.40. The summed E-state index contributed by atoms with van der Waals surface area (Å²) in [5.74, 6) is -3.39. The van der Waals surface area contributed by atoms with Crippen molar-refractivity contribution in [3.63, 3.8) is 0 Å². The van der Waals surface area contributed by atoms with Gasteiger partial charge in [-0.2, -0.15) is 50.0 Å². The highest BCUT2D eigenvalue weighted by Gasteiger charge is 2.49. The van der Waals surface area contributed by atoms with E-state index in [0.717, 1.165) is 5.69 Å². The van der Waals surface area contributed by atoms with Gasteiger partial charge >= 0.3 is 36.4 Å². The van der Waals surface area contributed by atoms with Crippen LogP contribution in [0.4, 0.5) is 50.9 Å². The monoisotopic (exact) mass is 572 g/mol. The summed E-state index contributed by atoms with van der Waals surface area (Å²) in [6.07, 6.45) is -16.2. The Labute approximate surface area is 211 Å². The molecule has 1 amide bonds. The lowest BCUT2D eigenvalue weighted by molar-refractivity contribution is -0.221. The molecule has 0 saturated heterocycles. The first-order valence-electron chi connectivity index (χ1n) is 9.35. The van der Waals surface area contributed by atoms with E-state index in [1.807, 2.05) is 12.1 Å². The number of alkyl halides is 9. The Hall–Kier alpha value is -5.04. The number of ether oxygens (including phenoxy) is 1. The number of nitrogens with two attached hydrogens (primary N) is 1. The SMILES string of the molecule is N#Cc1cccc(NN)c1.N#Cc1cccc(NNC(=O)C(F)(F)F)c1.O=C(OC(=O)C(F)(F)F)C(F)(F)F. The molecule has 0 saturated carbocycles. The largest absolute Gasteiger partial charge is 0.491 e. The summed E-state index contributed by atoms with van der Waals surface area (Å²) in [6, 6.07) is 16.5. The van der Waals surface area contributed by atoms with Gasteiger partial charge in [0.05, 0.1) is 29.0 Å². The van der Waals surface area contributed by atoms with Gasteiger partial charge in [0.15, 0.2) is 0 Å². The van der Waals surface area contributed by atoms with E-state index >= 15 is 0 Å². The molecule has 0 radical (unpaired) electrons. The predicted molar refractivity (Wildman–Crippen MR) is 111 cm³/mol. The van der Waals surface area contributed by atoms with Crippen LogP contribution in [-0.4, -0.2) is 36.4 Å². The Morgan fingerprint density at radius 3 is 1.49 bits per heavy atom. The molecule has 0 unspecified atom stereocenters. The molecule has 2 aromatic rings. The number of benzene rings is 2. The van der Waals surface area contributed by atoms with Crippen molar-refractivity contribution in [3.05, 3.63) is 59.7 Å². The minimum Gasteiger partial charge on any atom is -0.380 e. The minimum atomic E-state index is -5.62. The zero-order valence-electron chi connectivity index (χ0n) is 18.6. The highest BCUT2D eigenvalue weighted by atomic mass is 19.4. The number of hydrazine groups is 2. The number of nitrogens with zero attached hydrogens (tertiary/aromatic N) is 2. The first-order chi connectivity index (χ1) is 17.8.